The van der Waals surface area contributed by atoms with Crippen molar-refractivity contribution in [2.45, 2.75) is 11.9 Å². The topological polar surface area (TPSA) is 49.8 Å². The fraction of sp³-hybridized carbons (Fsp3) is 0.667. The Bertz CT molecular complexity index is 77.9. The maximum Gasteiger partial charge on any atom is 0.176 e. The quantitative estimate of drug-likeness (QED) is 0.401. The first kappa shape index (κ1) is 10.1. The van der Waals surface area contributed by atoms with Crippen LogP contribution in [-0.2, 0) is 0 Å². The average molecular weight is 141 g/mol. The van der Waals surface area contributed by atoms with Gasteiger partial charge in [-0.3, -0.25) is 0 Å². The molecule has 0 aliphatic carbocycles. The van der Waals surface area contributed by atoms with Crippen LogP contribution in [0, 0.1) is 11.3 Å². The Balaban J connectivity index is 0. The zero-order chi connectivity index (χ0) is 5.21. The summed E-state index contributed by atoms with van der Waals surface area (Å²) in [4.78, 5) is -1.18. The fourth-order valence-corrected chi connectivity index (χ4v) is 0. The molecule has 0 bridgehead atoms. The smallest absolute Gasteiger partial charge is 0.176 e. The molecule has 0 amide bonds. The van der Waals surface area contributed by atoms with Crippen LogP contribution in [0.3, 0.4) is 0 Å². The lowest BCUT2D eigenvalue weighted by atomic mass is 10.4. The van der Waals surface area contributed by atoms with Gasteiger partial charge in [0.05, 0.1) is 0 Å². The van der Waals surface area contributed by atoms with Crippen LogP contribution in [0.2, 0.25) is 0 Å². The zero-order valence-corrected chi connectivity index (χ0v) is 5.38. The van der Waals surface area contributed by atoms with E-state index in [2.05, 4.69) is 0 Å². The number of hydrogen-bond donors (Lipinski definition) is 1. The van der Waals surface area contributed by atoms with Crippen LogP contribution in [0.25, 0.3) is 0 Å². The average Bonchev–Trinajstić information content (AvgIpc) is 1.35. The maximum atomic E-state index is 7.90. The lowest BCUT2D eigenvalue weighted by Gasteiger charge is -1.98. The van der Waals surface area contributed by atoms with Crippen LogP contribution in [0.15, 0.2) is 0 Å². The third-order valence-corrected chi connectivity index (χ3v) is 0.303. The van der Waals surface area contributed by atoms with Gasteiger partial charge in [0.15, 0.2) is 5.00 Å². The number of hydrogen-bond acceptors (Lipinski definition) is 2. The highest BCUT2D eigenvalue weighted by molar-refractivity contribution is 6.24. The second-order valence-corrected chi connectivity index (χ2v) is 1.97. The van der Waals surface area contributed by atoms with E-state index in [1.165, 1.54) is 6.92 Å². The normalized spacial score (nSPS) is 15.7. The summed E-state index contributed by atoms with van der Waals surface area (Å²) < 4.78 is 0. The SMILES string of the molecule is C[C@](N)(Cl)C#N.Cl. The molecule has 42 valence electrons. The summed E-state index contributed by atoms with van der Waals surface area (Å²) in [6.07, 6.45) is 0. The molecular weight excluding hydrogens is 135 g/mol. The molecule has 0 spiro atoms. The highest BCUT2D eigenvalue weighted by Gasteiger charge is 2.08. The molecule has 0 saturated carbocycles. The summed E-state index contributed by atoms with van der Waals surface area (Å²) in [5.74, 6) is 0. The van der Waals surface area contributed by atoms with Gasteiger partial charge in [-0.1, -0.05) is 11.6 Å². The van der Waals surface area contributed by atoms with Crippen LogP contribution >= 0.6 is 24.0 Å². The van der Waals surface area contributed by atoms with Crippen molar-refractivity contribution in [3.8, 4) is 6.07 Å². The van der Waals surface area contributed by atoms with Crippen LogP contribution in [0.4, 0.5) is 0 Å². The van der Waals surface area contributed by atoms with E-state index in [1.54, 1.807) is 6.07 Å². The Morgan fingerprint density at radius 2 is 2.00 bits per heavy atom. The standard InChI is InChI=1S/C3H5ClN2.ClH/c1-3(4,6)2-5;/h6H2,1H3;1H/t3-;/m1./s1. The molecule has 0 heterocycles. The molecule has 2 N–H and O–H groups in total. The number of nitriles is 1. The number of halogens is 2. The van der Waals surface area contributed by atoms with Gasteiger partial charge in [0.25, 0.3) is 0 Å². The molecule has 2 nitrogen and oxygen atoms in total. The second kappa shape index (κ2) is 3.09. The highest BCUT2D eigenvalue weighted by atomic mass is 35.5. The van der Waals surface area contributed by atoms with Crippen molar-refractivity contribution >= 4 is 24.0 Å². The van der Waals surface area contributed by atoms with E-state index in [9.17, 15) is 0 Å². The van der Waals surface area contributed by atoms with Crippen molar-refractivity contribution in [2.24, 2.45) is 5.73 Å². The van der Waals surface area contributed by atoms with Gasteiger partial charge >= 0.3 is 0 Å². The monoisotopic (exact) mass is 140 g/mol. The number of alkyl halides is 1. The number of rotatable bonds is 0. The zero-order valence-electron chi connectivity index (χ0n) is 3.81. The van der Waals surface area contributed by atoms with E-state index in [0.717, 1.165) is 0 Å². The van der Waals surface area contributed by atoms with Gasteiger partial charge in [0.2, 0.25) is 0 Å². The van der Waals surface area contributed by atoms with Crippen molar-refractivity contribution < 1.29 is 0 Å². The molecule has 4 heteroatoms. The van der Waals surface area contributed by atoms with Gasteiger partial charge < -0.3 is 5.73 Å². The van der Waals surface area contributed by atoms with Crippen molar-refractivity contribution in [2.75, 3.05) is 0 Å². The largest absolute Gasteiger partial charge is 0.301 e. The predicted molar refractivity (Wildman–Crippen MR) is 31.3 cm³/mol. The summed E-state index contributed by atoms with van der Waals surface area (Å²) in [5.41, 5.74) is 4.94. The second-order valence-electron chi connectivity index (χ2n) is 1.19. The highest BCUT2D eigenvalue weighted by Crippen LogP contribution is 1.99. The van der Waals surface area contributed by atoms with E-state index >= 15 is 0 Å². The van der Waals surface area contributed by atoms with Gasteiger partial charge in [-0.25, -0.2) is 0 Å². The van der Waals surface area contributed by atoms with E-state index in [4.69, 9.17) is 22.6 Å². The van der Waals surface area contributed by atoms with Crippen molar-refractivity contribution in [3.05, 3.63) is 0 Å². The fourth-order valence-electron chi connectivity index (χ4n) is 0. The molecule has 1 atom stereocenters. The first-order chi connectivity index (χ1) is 2.56. The molecule has 0 saturated heterocycles. The molecular formula is C3H6Cl2N2. The van der Waals surface area contributed by atoms with Crippen LogP contribution in [-0.4, -0.2) is 5.00 Å². The lowest BCUT2D eigenvalue weighted by Crippen LogP contribution is -2.25. The van der Waals surface area contributed by atoms with Gasteiger partial charge in [-0.05, 0) is 6.92 Å². The molecule has 0 aromatic heterocycles. The van der Waals surface area contributed by atoms with Crippen LogP contribution in [0.1, 0.15) is 6.92 Å². The van der Waals surface area contributed by atoms with E-state index < -0.39 is 5.00 Å². The van der Waals surface area contributed by atoms with Crippen molar-refractivity contribution in [3.63, 3.8) is 0 Å². The van der Waals surface area contributed by atoms with Crippen molar-refractivity contribution in [1.29, 1.82) is 5.26 Å². The minimum atomic E-state index is -1.18. The first-order valence-electron chi connectivity index (χ1n) is 1.45. The molecule has 0 rings (SSSR count). The Morgan fingerprint density at radius 1 is 1.86 bits per heavy atom. The lowest BCUT2D eigenvalue weighted by molar-refractivity contribution is 0.847. The van der Waals surface area contributed by atoms with Crippen LogP contribution < -0.4 is 5.73 Å². The van der Waals surface area contributed by atoms with Gasteiger partial charge in [0.1, 0.15) is 6.07 Å². The summed E-state index contributed by atoms with van der Waals surface area (Å²) in [6.45, 7) is 1.43. The van der Waals surface area contributed by atoms with Crippen LogP contribution in [0.5, 0.6) is 0 Å². The third-order valence-electron chi connectivity index (χ3n) is 0.219. The molecule has 0 fully saturated rings. The molecule has 0 radical (unpaired) electrons. The van der Waals surface area contributed by atoms with E-state index in [0.29, 0.717) is 0 Å². The molecule has 0 aromatic rings. The predicted octanol–water partition coefficient (Wildman–Crippen LogP) is 0.845. The summed E-state index contributed by atoms with van der Waals surface area (Å²) in [7, 11) is 0. The van der Waals surface area contributed by atoms with Gasteiger partial charge in [-0.2, -0.15) is 5.26 Å². The van der Waals surface area contributed by atoms with Crippen molar-refractivity contribution in [1.82, 2.24) is 0 Å². The van der Waals surface area contributed by atoms with E-state index in [1.807, 2.05) is 0 Å². The molecule has 0 aliphatic heterocycles. The Labute approximate surface area is 53.7 Å². The third kappa shape index (κ3) is 10.7. The first-order valence-corrected chi connectivity index (χ1v) is 1.83. The Hall–Kier alpha value is 0.0300. The van der Waals surface area contributed by atoms with Gasteiger partial charge in [0, 0.05) is 0 Å². The molecule has 7 heavy (non-hydrogen) atoms. The summed E-state index contributed by atoms with van der Waals surface area (Å²) in [6, 6.07) is 1.65. The number of nitrogens with zero attached hydrogens (tertiary/aromatic N) is 1. The molecule has 0 aliphatic rings. The summed E-state index contributed by atoms with van der Waals surface area (Å²) in [5, 5.41) is 7.90. The maximum absolute atomic E-state index is 7.90. The molecule has 0 aromatic carbocycles. The number of nitrogens with two attached hydrogens (primary N) is 1. The minimum Gasteiger partial charge on any atom is -0.301 e. The van der Waals surface area contributed by atoms with E-state index in [-0.39, 0.29) is 12.4 Å². The Kier molecular flexibility index (Phi) is 4.46. The minimum absolute atomic E-state index is 0. The van der Waals surface area contributed by atoms with Gasteiger partial charge in [-0.15, -0.1) is 12.4 Å². The Morgan fingerprint density at radius 3 is 2.00 bits per heavy atom. The summed E-state index contributed by atoms with van der Waals surface area (Å²) >= 11 is 5.13. The molecule has 0 unspecified atom stereocenters.